The van der Waals surface area contributed by atoms with Crippen molar-refractivity contribution in [1.82, 2.24) is 0 Å². The standard InChI is InChI=1S/C13H16O2S/c1-10(2)8-9-12(13(14)15)16-11-6-4-3-5-7-11/h3-8,12H,9H2,1-2H3,(H,14,15). The molecule has 0 aromatic heterocycles. The Morgan fingerprint density at radius 3 is 2.50 bits per heavy atom. The minimum atomic E-state index is -0.758. The summed E-state index contributed by atoms with van der Waals surface area (Å²) in [6.07, 6.45) is 2.53. The first-order valence-corrected chi connectivity index (χ1v) is 6.05. The molecule has 0 heterocycles. The first-order chi connectivity index (χ1) is 7.59. The highest BCUT2D eigenvalue weighted by atomic mass is 32.2. The third-order valence-electron chi connectivity index (χ3n) is 2.04. The summed E-state index contributed by atoms with van der Waals surface area (Å²) in [6.45, 7) is 3.96. The van der Waals surface area contributed by atoms with Crippen LogP contribution in [0.15, 0.2) is 46.9 Å². The SMILES string of the molecule is CC(C)=CCC(Sc1ccccc1)C(=O)O. The van der Waals surface area contributed by atoms with E-state index in [2.05, 4.69) is 0 Å². The van der Waals surface area contributed by atoms with Gasteiger partial charge in [0, 0.05) is 4.90 Å². The number of carboxylic acid groups (broad SMARTS) is 1. The van der Waals surface area contributed by atoms with Crippen LogP contribution in [0, 0.1) is 0 Å². The predicted octanol–water partition coefficient (Wildman–Crippen LogP) is 3.59. The van der Waals surface area contributed by atoms with Gasteiger partial charge in [0.1, 0.15) is 5.25 Å². The number of carboxylic acids is 1. The number of allylic oxidation sites excluding steroid dienone is 2. The molecule has 0 saturated carbocycles. The van der Waals surface area contributed by atoms with E-state index < -0.39 is 11.2 Å². The van der Waals surface area contributed by atoms with Gasteiger partial charge >= 0.3 is 5.97 Å². The van der Waals surface area contributed by atoms with Crippen LogP contribution in [0.25, 0.3) is 0 Å². The van der Waals surface area contributed by atoms with E-state index in [0.29, 0.717) is 6.42 Å². The Balaban J connectivity index is 2.66. The summed E-state index contributed by atoms with van der Waals surface area (Å²) in [4.78, 5) is 12.1. The molecule has 0 fully saturated rings. The largest absolute Gasteiger partial charge is 0.480 e. The molecule has 0 amide bonds. The summed E-state index contributed by atoms with van der Waals surface area (Å²) in [5, 5.41) is 8.69. The molecule has 1 atom stereocenters. The van der Waals surface area contributed by atoms with Crippen molar-refractivity contribution < 1.29 is 9.90 Å². The van der Waals surface area contributed by atoms with E-state index in [1.165, 1.54) is 11.8 Å². The van der Waals surface area contributed by atoms with Gasteiger partial charge < -0.3 is 5.11 Å². The van der Waals surface area contributed by atoms with Gasteiger partial charge in [-0.05, 0) is 32.4 Å². The highest BCUT2D eigenvalue weighted by Gasteiger charge is 2.17. The van der Waals surface area contributed by atoms with Crippen molar-refractivity contribution in [2.24, 2.45) is 0 Å². The summed E-state index contributed by atoms with van der Waals surface area (Å²) >= 11 is 1.39. The smallest absolute Gasteiger partial charge is 0.317 e. The number of rotatable bonds is 5. The van der Waals surface area contributed by atoms with Crippen LogP contribution >= 0.6 is 11.8 Å². The van der Waals surface area contributed by atoms with Gasteiger partial charge in [-0.15, -0.1) is 11.8 Å². The lowest BCUT2D eigenvalue weighted by Crippen LogP contribution is -2.15. The minimum Gasteiger partial charge on any atom is -0.480 e. The number of carbonyl (C=O) groups is 1. The second-order valence-electron chi connectivity index (χ2n) is 3.77. The molecule has 86 valence electrons. The van der Waals surface area contributed by atoms with Gasteiger partial charge in [0.15, 0.2) is 0 Å². The van der Waals surface area contributed by atoms with Crippen LogP contribution in [0.2, 0.25) is 0 Å². The monoisotopic (exact) mass is 236 g/mol. The molecular formula is C13H16O2S. The van der Waals surface area contributed by atoms with Crippen LogP contribution in [0.5, 0.6) is 0 Å². The van der Waals surface area contributed by atoms with Crippen molar-refractivity contribution in [3.05, 3.63) is 42.0 Å². The molecule has 1 rings (SSSR count). The molecule has 0 spiro atoms. The van der Waals surface area contributed by atoms with E-state index in [9.17, 15) is 4.79 Å². The molecule has 0 aliphatic rings. The summed E-state index contributed by atoms with van der Waals surface area (Å²) in [7, 11) is 0. The fraction of sp³-hybridized carbons (Fsp3) is 0.308. The average molecular weight is 236 g/mol. The highest BCUT2D eigenvalue weighted by Crippen LogP contribution is 2.25. The summed E-state index contributed by atoms with van der Waals surface area (Å²) in [5.74, 6) is -0.758. The Hall–Kier alpha value is -1.22. The third-order valence-corrected chi connectivity index (χ3v) is 3.26. The van der Waals surface area contributed by atoms with E-state index in [4.69, 9.17) is 5.11 Å². The molecule has 16 heavy (non-hydrogen) atoms. The Kier molecular flexibility index (Phi) is 5.12. The van der Waals surface area contributed by atoms with Crippen molar-refractivity contribution in [2.75, 3.05) is 0 Å². The lowest BCUT2D eigenvalue weighted by Gasteiger charge is -2.09. The number of hydrogen-bond donors (Lipinski definition) is 1. The van der Waals surface area contributed by atoms with Gasteiger partial charge in [0.05, 0.1) is 0 Å². The van der Waals surface area contributed by atoms with E-state index in [-0.39, 0.29) is 0 Å². The zero-order chi connectivity index (χ0) is 12.0. The molecule has 0 saturated heterocycles. The number of thioether (sulfide) groups is 1. The third kappa shape index (κ3) is 4.53. The quantitative estimate of drug-likeness (QED) is 0.627. The molecule has 3 heteroatoms. The van der Waals surface area contributed by atoms with Crippen molar-refractivity contribution >= 4 is 17.7 Å². The Morgan fingerprint density at radius 2 is 2.00 bits per heavy atom. The van der Waals surface area contributed by atoms with Crippen LogP contribution in [0.3, 0.4) is 0 Å². The maximum Gasteiger partial charge on any atom is 0.317 e. The van der Waals surface area contributed by atoms with Crippen LogP contribution in [-0.4, -0.2) is 16.3 Å². The Morgan fingerprint density at radius 1 is 1.38 bits per heavy atom. The Labute approximate surface area is 100 Å². The summed E-state index contributed by atoms with van der Waals surface area (Å²) < 4.78 is 0. The van der Waals surface area contributed by atoms with Crippen LogP contribution in [0.4, 0.5) is 0 Å². The van der Waals surface area contributed by atoms with Crippen molar-refractivity contribution in [1.29, 1.82) is 0 Å². The van der Waals surface area contributed by atoms with Crippen molar-refractivity contribution in [3.63, 3.8) is 0 Å². The van der Waals surface area contributed by atoms with Gasteiger partial charge in [0.2, 0.25) is 0 Å². The Bertz CT molecular complexity index is 367. The van der Waals surface area contributed by atoms with Crippen LogP contribution < -0.4 is 0 Å². The second-order valence-corrected chi connectivity index (χ2v) is 5.05. The lowest BCUT2D eigenvalue weighted by atomic mass is 10.2. The topological polar surface area (TPSA) is 37.3 Å². The van der Waals surface area contributed by atoms with E-state index >= 15 is 0 Å². The number of hydrogen-bond acceptors (Lipinski definition) is 2. The highest BCUT2D eigenvalue weighted by molar-refractivity contribution is 8.00. The van der Waals surface area contributed by atoms with Gasteiger partial charge in [0.25, 0.3) is 0 Å². The second kappa shape index (κ2) is 6.38. The molecule has 1 N–H and O–H groups in total. The molecule has 0 radical (unpaired) electrons. The normalized spacial score (nSPS) is 11.9. The van der Waals surface area contributed by atoms with Crippen molar-refractivity contribution in [2.45, 2.75) is 30.4 Å². The predicted molar refractivity (Wildman–Crippen MR) is 67.8 cm³/mol. The molecular weight excluding hydrogens is 220 g/mol. The lowest BCUT2D eigenvalue weighted by molar-refractivity contribution is -0.136. The van der Waals surface area contributed by atoms with Gasteiger partial charge in [-0.3, -0.25) is 4.79 Å². The summed E-state index contributed by atoms with van der Waals surface area (Å²) in [5.41, 5.74) is 1.15. The number of aliphatic carboxylic acids is 1. The maximum atomic E-state index is 11.1. The molecule has 0 aliphatic carbocycles. The molecule has 1 aromatic carbocycles. The maximum absolute atomic E-state index is 11.1. The van der Waals surface area contributed by atoms with E-state index in [1.807, 2.05) is 50.3 Å². The van der Waals surface area contributed by atoms with Crippen molar-refractivity contribution in [3.8, 4) is 0 Å². The first-order valence-electron chi connectivity index (χ1n) is 5.17. The van der Waals surface area contributed by atoms with E-state index in [0.717, 1.165) is 10.5 Å². The van der Waals surface area contributed by atoms with Crippen LogP contribution in [0.1, 0.15) is 20.3 Å². The zero-order valence-electron chi connectivity index (χ0n) is 9.51. The van der Waals surface area contributed by atoms with Crippen LogP contribution in [-0.2, 0) is 4.79 Å². The van der Waals surface area contributed by atoms with Gasteiger partial charge in [-0.2, -0.15) is 0 Å². The zero-order valence-corrected chi connectivity index (χ0v) is 10.3. The molecule has 0 bridgehead atoms. The van der Waals surface area contributed by atoms with E-state index in [1.54, 1.807) is 0 Å². The minimum absolute atomic E-state index is 0.405. The molecule has 0 aliphatic heterocycles. The summed E-state index contributed by atoms with van der Waals surface area (Å²) in [6, 6.07) is 9.63. The molecule has 2 nitrogen and oxygen atoms in total. The number of benzene rings is 1. The molecule has 1 aromatic rings. The fourth-order valence-corrected chi connectivity index (χ4v) is 2.14. The van der Waals surface area contributed by atoms with Gasteiger partial charge in [-0.25, -0.2) is 0 Å². The molecule has 1 unspecified atom stereocenters. The van der Waals surface area contributed by atoms with Gasteiger partial charge in [-0.1, -0.05) is 29.8 Å². The average Bonchev–Trinajstić information content (AvgIpc) is 2.25. The fourth-order valence-electron chi connectivity index (χ4n) is 1.21. The first kappa shape index (κ1) is 12.8.